The van der Waals surface area contributed by atoms with E-state index in [9.17, 15) is 9.59 Å². The van der Waals surface area contributed by atoms with Crippen LogP contribution in [0.15, 0.2) is 78.9 Å². The van der Waals surface area contributed by atoms with Crippen molar-refractivity contribution in [3.05, 3.63) is 90.0 Å². The number of methoxy groups -OCH3 is 1. The number of hydrogen-bond acceptors (Lipinski definition) is 4. The molecule has 1 aliphatic rings. The van der Waals surface area contributed by atoms with Gasteiger partial charge in [-0.15, -0.1) is 0 Å². The Morgan fingerprint density at radius 2 is 1.54 bits per heavy atom. The van der Waals surface area contributed by atoms with Crippen LogP contribution < -0.4 is 10.1 Å². The van der Waals surface area contributed by atoms with Crippen LogP contribution in [0.1, 0.15) is 24.0 Å². The Bertz CT molecular complexity index is 1120. The monoisotopic (exact) mass is 471 g/mol. The Labute approximate surface area is 207 Å². The number of nitrogens with one attached hydrogen (secondary N) is 1. The van der Waals surface area contributed by atoms with Crippen molar-refractivity contribution in [2.45, 2.75) is 25.9 Å². The molecule has 4 rings (SSSR count). The largest absolute Gasteiger partial charge is 0.496 e. The third kappa shape index (κ3) is 6.93. The molecule has 0 aliphatic carbocycles. The molecule has 3 aromatic carbocycles. The second-order valence-electron chi connectivity index (χ2n) is 8.81. The van der Waals surface area contributed by atoms with Crippen LogP contribution in [0.3, 0.4) is 0 Å². The fourth-order valence-electron chi connectivity index (χ4n) is 4.40. The van der Waals surface area contributed by atoms with E-state index in [4.69, 9.17) is 4.74 Å². The van der Waals surface area contributed by atoms with Gasteiger partial charge in [-0.3, -0.25) is 14.5 Å². The summed E-state index contributed by atoms with van der Waals surface area (Å²) in [5, 5.41) is 2.88. The van der Waals surface area contributed by atoms with E-state index in [0.29, 0.717) is 19.6 Å². The fraction of sp³-hybridized carbons (Fsp3) is 0.310. The molecule has 1 N–H and O–H groups in total. The van der Waals surface area contributed by atoms with Gasteiger partial charge in [0.15, 0.2) is 0 Å². The minimum Gasteiger partial charge on any atom is -0.496 e. The summed E-state index contributed by atoms with van der Waals surface area (Å²) in [5.41, 5.74) is 4.63. The van der Waals surface area contributed by atoms with Gasteiger partial charge in [0.2, 0.25) is 11.8 Å². The lowest BCUT2D eigenvalue weighted by Gasteiger charge is -2.35. The Morgan fingerprint density at radius 1 is 0.829 bits per heavy atom. The van der Waals surface area contributed by atoms with Crippen molar-refractivity contribution in [2.24, 2.45) is 0 Å². The number of ether oxygens (including phenoxy) is 1. The zero-order valence-corrected chi connectivity index (χ0v) is 20.3. The predicted octanol–water partition coefficient (Wildman–Crippen LogP) is 4.10. The van der Waals surface area contributed by atoms with Crippen molar-refractivity contribution in [3.8, 4) is 16.9 Å². The molecule has 1 aliphatic heterocycles. The van der Waals surface area contributed by atoms with Gasteiger partial charge in [0, 0.05) is 57.7 Å². The van der Waals surface area contributed by atoms with Crippen molar-refractivity contribution >= 4 is 11.8 Å². The summed E-state index contributed by atoms with van der Waals surface area (Å²) in [5.74, 6) is 0.665. The van der Waals surface area contributed by atoms with Crippen LogP contribution in [0.5, 0.6) is 5.75 Å². The highest BCUT2D eigenvalue weighted by atomic mass is 16.5. The number of piperazine rings is 1. The summed E-state index contributed by atoms with van der Waals surface area (Å²) in [4.78, 5) is 29.2. The Balaban J connectivity index is 1.19. The maximum Gasteiger partial charge on any atom is 0.223 e. The maximum absolute atomic E-state index is 12.7. The van der Waals surface area contributed by atoms with E-state index >= 15 is 0 Å². The zero-order chi connectivity index (χ0) is 24.5. The molecule has 182 valence electrons. The Morgan fingerprint density at radius 3 is 2.31 bits per heavy atom. The van der Waals surface area contributed by atoms with E-state index in [2.05, 4.69) is 58.7 Å². The summed E-state index contributed by atoms with van der Waals surface area (Å²) in [7, 11) is 1.61. The van der Waals surface area contributed by atoms with Crippen LogP contribution in [0, 0.1) is 0 Å². The van der Waals surface area contributed by atoms with Gasteiger partial charge in [-0.1, -0.05) is 66.7 Å². The molecule has 1 heterocycles. The summed E-state index contributed by atoms with van der Waals surface area (Å²) >= 11 is 0. The molecule has 6 heteroatoms. The van der Waals surface area contributed by atoms with Crippen molar-refractivity contribution in [1.82, 2.24) is 15.1 Å². The number of nitrogens with zero attached hydrogens (tertiary/aromatic N) is 2. The first-order valence-electron chi connectivity index (χ1n) is 12.2. The minimum absolute atomic E-state index is 0.0446. The van der Waals surface area contributed by atoms with E-state index in [0.717, 1.165) is 30.9 Å². The lowest BCUT2D eigenvalue weighted by molar-refractivity contribution is -0.135. The molecular formula is C29H33N3O3. The zero-order valence-electron chi connectivity index (χ0n) is 20.3. The number of amides is 2. The number of carbonyl (C=O) groups excluding carboxylic acids is 2. The topological polar surface area (TPSA) is 61.9 Å². The van der Waals surface area contributed by atoms with E-state index in [1.165, 1.54) is 16.7 Å². The molecule has 0 atom stereocenters. The van der Waals surface area contributed by atoms with E-state index < -0.39 is 0 Å². The van der Waals surface area contributed by atoms with Crippen molar-refractivity contribution in [2.75, 3.05) is 33.3 Å². The van der Waals surface area contributed by atoms with Gasteiger partial charge in [0.05, 0.1) is 7.11 Å². The third-order valence-corrected chi connectivity index (χ3v) is 6.40. The normalized spacial score (nSPS) is 13.9. The molecule has 0 bridgehead atoms. The first kappa shape index (κ1) is 24.5. The molecule has 2 amide bonds. The second-order valence-corrected chi connectivity index (χ2v) is 8.81. The molecule has 3 aromatic rings. The van der Waals surface area contributed by atoms with Gasteiger partial charge < -0.3 is 15.0 Å². The molecular weight excluding hydrogens is 438 g/mol. The SMILES string of the molecule is COc1ccccc1CNC(=O)CCC(=O)N1CCN(Cc2cccc(-c3ccccc3)c2)CC1. The summed E-state index contributed by atoms with van der Waals surface area (Å²) in [6.07, 6.45) is 0.428. The maximum atomic E-state index is 12.7. The predicted molar refractivity (Wildman–Crippen MR) is 138 cm³/mol. The number of para-hydroxylation sites is 1. The van der Waals surface area contributed by atoms with Crippen LogP contribution in [-0.2, 0) is 22.7 Å². The number of hydrogen-bond donors (Lipinski definition) is 1. The summed E-state index contributed by atoms with van der Waals surface area (Å²) < 4.78 is 5.31. The highest BCUT2D eigenvalue weighted by molar-refractivity contribution is 5.83. The quantitative estimate of drug-likeness (QED) is 0.510. The van der Waals surface area contributed by atoms with Crippen LogP contribution in [0.4, 0.5) is 0 Å². The van der Waals surface area contributed by atoms with Crippen molar-refractivity contribution < 1.29 is 14.3 Å². The van der Waals surface area contributed by atoms with Gasteiger partial charge in [0.1, 0.15) is 5.75 Å². The van der Waals surface area contributed by atoms with Crippen LogP contribution in [-0.4, -0.2) is 54.9 Å². The Hall–Kier alpha value is -3.64. The lowest BCUT2D eigenvalue weighted by Crippen LogP contribution is -2.48. The van der Waals surface area contributed by atoms with Crippen molar-refractivity contribution in [3.63, 3.8) is 0 Å². The van der Waals surface area contributed by atoms with Gasteiger partial charge in [-0.2, -0.15) is 0 Å². The van der Waals surface area contributed by atoms with Crippen LogP contribution in [0.25, 0.3) is 11.1 Å². The first-order valence-corrected chi connectivity index (χ1v) is 12.2. The van der Waals surface area contributed by atoms with Crippen LogP contribution in [0.2, 0.25) is 0 Å². The molecule has 35 heavy (non-hydrogen) atoms. The van der Waals surface area contributed by atoms with Crippen LogP contribution >= 0.6 is 0 Å². The van der Waals surface area contributed by atoms with E-state index in [1.807, 2.05) is 35.2 Å². The van der Waals surface area contributed by atoms with Gasteiger partial charge >= 0.3 is 0 Å². The van der Waals surface area contributed by atoms with Gasteiger partial charge in [-0.25, -0.2) is 0 Å². The fourth-order valence-corrected chi connectivity index (χ4v) is 4.40. The van der Waals surface area contributed by atoms with E-state index in [-0.39, 0.29) is 24.7 Å². The third-order valence-electron chi connectivity index (χ3n) is 6.40. The standard InChI is InChI=1S/C29H33N3O3/c1-35-27-13-6-5-11-26(27)21-30-28(33)14-15-29(34)32-18-16-31(17-19-32)22-23-8-7-12-25(20-23)24-9-3-2-4-10-24/h2-13,20H,14-19,21-22H2,1H3,(H,30,33). The summed E-state index contributed by atoms with van der Waals surface area (Å²) in [6, 6.07) is 26.6. The number of benzene rings is 3. The first-order chi connectivity index (χ1) is 17.1. The lowest BCUT2D eigenvalue weighted by atomic mass is 10.0. The molecule has 0 spiro atoms. The highest BCUT2D eigenvalue weighted by Gasteiger charge is 2.21. The molecule has 0 aromatic heterocycles. The van der Waals surface area contributed by atoms with Gasteiger partial charge in [-0.05, 0) is 28.8 Å². The Kier molecular flexibility index (Phi) is 8.52. The molecule has 6 nitrogen and oxygen atoms in total. The van der Waals surface area contributed by atoms with E-state index in [1.54, 1.807) is 7.11 Å². The summed E-state index contributed by atoms with van der Waals surface area (Å²) in [6.45, 7) is 4.32. The number of carbonyl (C=O) groups is 2. The second kappa shape index (κ2) is 12.2. The molecule has 0 saturated carbocycles. The van der Waals surface area contributed by atoms with Gasteiger partial charge in [0.25, 0.3) is 0 Å². The highest BCUT2D eigenvalue weighted by Crippen LogP contribution is 2.21. The number of rotatable bonds is 9. The average molecular weight is 472 g/mol. The molecule has 0 unspecified atom stereocenters. The molecule has 1 saturated heterocycles. The minimum atomic E-state index is -0.124. The van der Waals surface area contributed by atoms with Crippen molar-refractivity contribution in [1.29, 1.82) is 0 Å². The smallest absolute Gasteiger partial charge is 0.223 e. The molecule has 1 fully saturated rings. The average Bonchev–Trinajstić information content (AvgIpc) is 2.91. The molecule has 0 radical (unpaired) electrons.